The van der Waals surface area contributed by atoms with E-state index in [1.807, 2.05) is 25.1 Å². The summed E-state index contributed by atoms with van der Waals surface area (Å²) in [4.78, 5) is 26.2. The summed E-state index contributed by atoms with van der Waals surface area (Å²) in [5.41, 5.74) is 1.75. The zero-order chi connectivity index (χ0) is 18.4. The van der Waals surface area contributed by atoms with E-state index < -0.39 is 0 Å². The third kappa shape index (κ3) is 4.43. The Morgan fingerprint density at radius 2 is 1.92 bits per heavy atom. The van der Waals surface area contributed by atoms with Gasteiger partial charge in [0.25, 0.3) is 11.8 Å². The van der Waals surface area contributed by atoms with Crippen molar-refractivity contribution in [2.45, 2.75) is 39.0 Å². The first-order valence-corrected chi connectivity index (χ1v) is 9.91. The lowest BCUT2D eigenvalue weighted by Gasteiger charge is -2.13. The predicted molar refractivity (Wildman–Crippen MR) is 104 cm³/mol. The molecule has 5 nitrogen and oxygen atoms in total. The molecule has 26 heavy (non-hydrogen) atoms. The molecule has 2 amide bonds. The zero-order valence-electron chi connectivity index (χ0n) is 15.0. The van der Waals surface area contributed by atoms with Gasteiger partial charge in [-0.25, -0.2) is 0 Å². The van der Waals surface area contributed by atoms with E-state index in [1.165, 1.54) is 16.2 Å². The topological polar surface area (TPSA) is 67.4 Å². The van der Waals surface area contributed by atoms with E-state index in [0.29, 0.717) is 22.9 Å². The fraction of sp³-hybridized carbons (Fsp3) is 0.400. The molecule has 1 aliphatic rings. The van der Waals surface area contributed by atoms with Crippen LogP contribution in [0.15, 0.2) is 30.3 Å². The van der Waals surface area contributed by atoms with Crippen LogP contribution in [0.1, 0.15) is 47.0 Å². The number of anilines is 1. The lowest BCUT2D eigenvalue weighted by Crippen LogP contribution is -2.27. The molecule has 1 heterocycles. The summed E-state index contributed by atoms with van der Waals surface area (Å²) in [6.45, 7) is 2.57. The number of thiophene rings is 1. The average molecular weight is 372 g/mol. The Hall–Kier alpha value is -2.34. The molecular formula is C20H24N2O3S. The molecule has 1 aromatic carbocycles. The number of rotatable bonds is 7. The van der Waals surface area contributed by atoms with Crippen molar-refractivity contribution in [3.8, 4) is 5.75 Å². The molecule has 0 unspecified atom stereocenters. The number of carbonyl (C=O) groups excluding carboxylic acids is 2. The monoisotopic (exact) mass is 372 g/mol. The Balaban J connectivity index is 1.72. The molecular weight excluding hydrogens is 348 g/mol. The number of benzene rings is 1. The molecule has 0 saturated carbocycles. The third-order valence-electron chi connectivity index (χ3n) is 4.30. The van der Waals surface area contributed by atoms with Crippen LogP contribution < -0.4 is 15.4 Å². The van der Waals surface area contributed by atoms with E-state index >= 15 is 0 Å². The fourth-order valence-corrected chi connectivity index (χ4v) is 4.35. The van der Waals surface area contributed by atoms with Crippen molar-refractivity contribution >= 4 is 28.2 Å². The average Bonchev–Trinajstić information content (AvgIpc) is 3.03. The van der Waals surface area contributed by atoms with Crippen molar-refractivity contribution in [2.75, 3.05) is 18.5 Å². The normalized spacial score (nSPS) is 13.0. The van der Waals surface area contributed by atoms with Crippen molar-refractivity contribution < 1.29 is 14.3 Å². The van der Waals surface area contributed by atoms with Gasteiger partial charge in [-0.1, -0.05) is 25.1 Å². The number of fused-ring (bicyclic) bond motifs is 1. The summed E-state index contributed by atoms with van der Waals surface area (Å²) in [6.07, 6.45) is 4.97. The van der Waals surface area contributed by atoms with Crippen molar-refractivity contribution in [1.82, 2.24) is 5.32 Å². The fourth-order valence-electron chi connectivity index (χ4n) is 3.05. The molecule has 0 aliphatic heterocycles. The standard InChI is InChI=1S/C20H24N2O3S/c1-2-12-21-19(24)18-15-10-6-7-11-16(15)26-20(18)22-17(23)13-25-14-8-4-3-5-9-14/h3-5,8-9H,2,6-7,10-13H2,1H3,(H,21,24)(H,22,23). The second-order valence-corrected chi connectivity index (χ2v) is 7.43. The number of para-hydroxylation sites is 1. The van der Waals surface area contributed by atoms with Gasteiger partial charge in [0, 0.05) is 11.4 Å². The maximum Gasteiger partial charge on any atom is 0.262 e. The van der Waals surface area contributed by atoms with Gasteiger partial charge in [-0.15, -0.1) is 11.3 Å². The first kappa shape index (κ1) is 18.5. The second kappa shape index (κ2) is 8.85. The zero-order valence-corrected chi connectivity index (χ0v) is 15.8. The van der Waals surface area contributed by atoms with Gasteiger partial charge in [0.15, 0.2) is 6.61 Å². The summed E-state index contributed by atoms with van der Waals surface area (Å²) in [6, 6.07) is 9.22. The molecule has 3 rings (SSSR count). The molecule has 1 aliphatic carbocycles. The van der Waals surface area contributed by atoms with Crippen LogP contribution in [0.4, 0.5) is 5.00 Å². The maximum absolute atomic E-state index is 12.6. The predicted octanol–water partition coefficient (Wildman–Crippen LogP) is 3.78. The summed E-state index contributed by atoms with van der Waals surface area (Å²) >= 11 is 1.53. The van der Waals surface area contributed by atoms with E-state index in [0.717, 1.165) is 37.7 Å². The Kier molecular flexibility index (Phi) is 6.28. The minimum Gasteiger partial charge on any atom is -0.484 e. The highest BCUT2D eigenvalue weighted by atomic mass is 32.1. The molecule has 0 atom stereocenters. The number of nitrogens with one attached hydrogen (secondary N) is 2. The Morgan fingerprint density at radius 3 is 2.69 bits per heavy atom. The molecule has 2 aromatic rings. The molecule has 0 radical (unpaired) electrons. The molecule has 1 aromatic heterocycles. The quantitative estimate of drug-likeness (QED) is 0.777. The van der Waals surface area contributed by atoms with Gasteiger partial charge in [0.2, 0.25) is 0 Å². The van der Waals surface area contributed by atoms with Gasteiger partial charge in [0.1, 0.15) is 10.8 Å². The highest BCUT2D eigenvalue weighted by Crippen LogP contribution is 2.38. The van der Waals surface area contributed by atoms with Crippen LogP contribution >= 0.6 is 11.3 Å². The van der Waals surface area contributed by atoms with Gasteiger partial charge in [-0.05, 0) is 49.8 Å². The second-order valence-electron chi connectivity index (χ2n) is 6.32. The van der Waals surface area contributed by atoms with Gasteiger partial charge >= 0.3 is 0 Å². The first-order valence-electron chi connectivity index (χ1n) is 9.09. The van der Waals surface area contributed by atoms with Crippen molar-refractivity contribution in [2.24, 2.45) is 0 Å². The lowest BCUT2D eigenvalue weighted by atomic mass is 9.95. The Morgan fingerprint density at radius 1 is 1.15 bits per heavy atom. The van der Waals surface area contributed by atoms with E-state index in [2.05, 4.69) is 10.6 Å². The van der Waals surface area contributed by atoms with Crippen molar-refractivity contribution in [1.29, 1.82) is 0 Å². The number of carbonyl (C=O) groups is 2. The van der Waals surface area contributed by atoms with Crippen LogP contribution in [0.5, 0.6) is 5.75 Å². The third-order valence-corrected chi connectivity index (χ3v) is 5.51. The molecule has 0 spiro atoms. The summed E-state index contributed by atoms with van der Waals surface area (Å²) < 4.78 is 5.50. The molecule has 138 valence electrons. The number of ether oxygens (including phenoxy) is 1. The summed E-state index contributed by atoms with van der Waals surface area (Å²) in [7, 11) is 0. The minimum absolute atomic E-state index is 0.0808. The molecule has 6 heteroatoms. The molecule has 0 bridgehead atoms. The number of amides is 2. The van der Waals surface area contributed by atoms with Gasteiger partial charge in [-0.3, -0.25) is 9.59 Å². The van der Waals surface area contributed by atoms with Crippen LogP contribution in [0.2, 0.25) is 0 Å². The van der Waals surface area contributed by atoms with E-state index in [1.54, 1.807) is 12.1 Å². The number of aryl methyl sites for hydroxylation is 1. The van der Waals surface area contributed by atoms with Gasteiger partial charge in [0.05, 0.1) is 5.56 Å². The molecule has 0 fully saturated rings. The lowest BCUT2D eigenvalue weighted by molar-refractivity contribution is -0.118. The highest BCUT2D eigenvalue weighted by Gasteiger charge is 2.26. The van der Waals surface area contributed by atoms with Crippen LogP contribution in [0.25, 0.3) is 0 Å². The summed E-state index contributed by atoms with van der Waals surface area (Å²) in [5.74, 6) is 0.302. The Labute approximate surface area is 157 Å². The minimum atomic E-state index is -0.253. The Bertz CT molecular complexity index is 771. The van der Waals surface area contributed by atoms with Crippen LogP contribution in [-0.2, 0) is 17.6 Å². The maximum atomic E-state index is 12.6. The van der Waals surface area contributed by atoms with Crippen LogP contribution in [0, 0.1) is 0 Å². The van der Waals surface area contributed by atoms with Crippen LogP contribution in [0.3, 0.4) is 0 Å². The first-order chi connectivity index (χ1) is 12.7. The van der Waals surface area contributed by atoms with E-state index in [9.17, 15) is 9.59 Å². The van der Waals surface area contributed by atoms with Gasteiger partial charge in [-0.2, -0.15) is 0 Å². The number of hydrogen-bond donors (Lipinski definition) is 2. The smallest absolute Gasteiger partial charge is 0.262 e. The molecule has 0 saturated heterocycles. The van der Waals surface area contributed by atoms with Crippen LogP contribution in [-0.4, -0.2) is 25.0 Å². The summed E-state index contributed by atoms with van der Waals surface area (Å²) in [5, 5.41) is 6.48. The van der Waals surface area contributed by atoms with Gasteiger partial charge < -0.3 is 15.4 Å². The highest BCUT2D eigenvalue weighted by molar-refractivity contribution is 7.17. The van der Waals surface area contributed by atoms with E-state index in [-0.39, 0.29) is 18.4 Å². The SMILES string of the molecule is CCCNC(=O)c1c(NC(=O)COc2ccccc2)sc2c1CCCC2. The largest absolute Gasteiger partial charge is 0.484 e. The van der Waals surface area contributed by atoms with Crippen molar-refractivity contribution in [3.63, 3.8) is 0 Å². The number of hydrogen-bond acceptors (Lipinski definition) is 4. The van der Waals surface area contributed by atoms with E-state index in [4.69, 9.17) is 4.74 Å². The van der Waals surface area contributed by atoms with Crippen molar-refractivity contribution in [3.05, 3.63) is 46.3 Å². The molecule has 2 N–H and O–H groups in total.